The molecular formula is C15H20N2O3. The highest BCUT2D eigenvalue weighted by atomic mass is 16.3. The van der Waals surface area contributed by atoms with Crippen molar-refractivity contribution in [2.75, 3.05) is 0 Å². The Labute approximate surface area is 118 Å². The molecule has 0 radical (unpaired) electrons. The van der Waals surface area contributed by atoms with E-state index in [2.05, 4.69) is 5.32 Å². The van der Waals surface area contributed by atoms with E-state index in [0.717, 1.165) is 5.56 Å². The Morgan fingerprint density at radius 1 is 1.35 bits per heavy atom. The van der Waals surface area contributed by atoms with Gasteiger partial charge in [0.1, 0.15) is 17.3 Å². The predicted molar refractivity (Wildman–Crippen MR) is 75.0 cm³/mol. The minimum atomic E-state index is -0.889. The first-order valence-electron chi connectivity index (χ1n) is 6.76. The number of phenols is 1. The molecule has 0 spiro atoms. The van der Waals surface area contributed by atoms with E-state index in [-0.39, 0.29) is 17.6 Å². The molecule has 0 aromatic heterocycles. The summed E-state index contributed by atoms with van der Waals surface area (Å²) >= 11 is 0. The van der Waals surface area contributed by atoms with Gasteiger partial charge >= 0.3 is 0 Å². The Hall–Kier alpha value is -2.04. The van der Waals surface area contributed by atoms with Crippen molar-refractivity contribution in [3.8, 4) is 5.75 Å². The molecule has 1 unspecified atom stereocenters. The number of aromatic hydroxyl groups is 1. The summed E-state index contributed by atoms with van der Waals surface area (Å²) in [5.74, 6) is -0.0757. The maximum atomic E-state index is 12.5. The molecule has 108 valence electrons. The highest BCUT2D eigenvalue weighted by molar-refractivity contribution is 5.99. The number of carbonyl (C=O) groups is 2. The van der Waals surface area contributed by atoms with Gasteiger partial charge in [-0.3, -0.25) is 9.59 Å². The molecule has 1 aliphatic heterocycles. The number of piperazine rings is 1. The lowest BCUT2D eigenvalue weighted by molar-refractivity contribution is -0.154. The highest BCUT2D eigenvalue weighted by Gasteiger charge is 2.44. The average molecular weight is 276 g/mol. The zero-order valence-corrected chi connectivity index (χ0v) is 12.0. The lowest BCUT2D eigenvalue weighted by Crippen LogP contribution is -2.67. The number of amides is 2. The van der Waals surface area contributed by atoms with Gasteiger partial charge in [0.25, 0.3) is 0 Å². The van der Waals surface area contributed by atoms with E-state index in [1.807, 2.05) is 13.0 Å². The Morgan fingerprint density at radius 2 is 2.05 bits per heavy atom. The van der Waals surface area contributed by atoms with Crippen LogP contribution in [0, 0.1) is 0 Å². The molecule has 1 atom stereocenters. The fourth-order valence-corrected chi connectivity index (χ4v) is 2.53. The fourth-order valence-electron chi connectivity index (χ4n) is 2.53. The third-order valence-corrected chi connectivity index (χ3v) is 3.56. The van der Waals surface area contributed by atoms with E-state index in [0.29, 0.717) is 13.0 Å². The van der Waals surface area contributed by atoms with Crippen molar-refractivity contribution in [1.29, 1.82) is 0 Å². The van der Waals surface area contributed by atoms with Crippen LogP contribution in [0.4, 0.5) is 0 Å². The van der Waals surface area contributed by atoms with Gasteiger partial charge in [0.05, 0.1) is 0 Å². The van der Waals surface area contributed by atoms with Crippen LogP contribution in [-0.4, -0.2) is 33.4 Å². The van der Waals surface area contributed by atoms with Gasteiger partial charge in [0, 0.05) is 6.54 Å². The molecule has 1 heterocycles. The molecular weight excluding hydrogens is 256 g/mol. The van der Waals surface area contributed by atoms with Crippen LogP contribution in [0.2, 0.25) is 0 Å². The topological polar surface area (TPSA) is 69.6 Å². The van der Waals surface area contributed by atoms with Gasteiger partial charge in [-0.05, 0) is 38.0 Å². The second-order valence-electron chi connectivity index (χ2n) is 5.64. The summed E-state index contributed by atoms with van der Waals surface area (Å²) in [4.78, 5) is 26.2. The lowest BCUT2D eigenvalue weighted by atomic mass is 9.95. The van der Waals surface area contributed by atoms with Gasteiger partial charge < -0.3 is 15.3 Å². The van der Waals surface area contributed by atoms with E-state index in [9.17, 15) is 14.7 Å². The van der Waals surface area contributed by atoms with E-state index in [1.54, 1.807) is 36.9 Å². The van der Waals surface area contributed by atoms with Crippen LogP contribution in [0.25, 0.3) is 0 Å². The quantitative estimate of drug-likeness (QED) is 0.877. The van der Waals surface area contributed by atoms with Crippen molar-refractivity contribution in [2.24, 2.45) is 0 Å². The molecule has 1 aliphatic rings. The van der Waals surface area contributed by atoms with Gasteiger partial charge in [-0.25, -0.2) is 0 Å². The SMILES string of the molecule is CCC1C(=O)NC(C)(C)C(=O)N1Cc1cccc(O)c1. The maximum absolute atomic E-state index is 12.5. The molecule has 2 amide bonds. The standard InChI is InChI=1S/C15H20N2O3/c1-4-12-13(19)16-15(2,3)14(20)17(12)9-10-6-5-7-11(18)8-10/h5-8,12,18H,4,9H2,1-3H3,(H,16,19). The van der Waals surface area contributed by atoms with Crippen molar-refractivity contribution in [2.45, 2.75) is 45.3 Å². The number of benzene rings is 1. The minimum Gasteiger partial charge on any atom is -0.508 e. The first-order chi connectivity index (χ1) is 9.35. The lowest BCUT2D eigenvalue weighted by Gasteiger charge is -2.42. The van der Waals surface area contributed by atoms with Crippen molar-refractivity contribution < 1.29 is 14.7 Å². The number of nitrogens with one attached hydrogen (secondary N) is 1. The number of nitrogens with zero attached hydrogens (tertiary/aromatic N) is 1. The molecule has 0 bridgehead atoms. The van der Waals surface area contributed by atoms with Crippen LogP contribution in [-0.2, 0) is 16.1 Å². The van der Waals surface area contributed by atoms with E-state index in [4.69, 9.17) is 0 Å². The van der Waals surface area contributed by atoms with Gasteiger partial charge in [-0.15, -0.1) is 0 Å². The van der Waals surface area contributed by atoms with E-state index >= 15 is 0 Å². The molecule has 0 aliphatic carbocycles. The van der Waals surface area contributed by atoms with Gasteiger partial charge in [-0.2, -0.15) is 0 Å². The predicted octanol–water partition coefficient (Wildman–Crippen LogP) is 1.41. The fraction of sp³-hybridized carbons (Fsp3) is 0.467. The van der Waals surface area contributed by atoms with Gasteiger partial charge in [0.15, 0.2) is 0 Å². The van der Waals surface area contributed by atoms with Crippen LogP contribution in [0.3, 0.4) is 0 Å². The highest BCUT2D eigenvalue weighted by Crippen LogP contribution is 2.23. The van der Waals surface area contributed by atoms with Crippen LogP contribution >= 0.6 is 0 Å². The van der Waals surface area contributed by atoms with Crippen molar-refractivity contribution >= 4 is 11.8 Å². The van der Waals surface area contributed by atoms with Gasteiger partial charge in [0.2, 0.25) is 11.8 Å². The van der Waals surface area contributed by atoms with Crippen LogP contribution in [0.1, 0.15) is 32.8 Å². The largest absolute Gasteiger partial charge is 0.508 e. The number of carbonyl (C=O) groups excluding carboxylic acids is 2. The average Bonchev–Trinajstić information content (AvgIpc) is 2.35. The first kappa shape index (κ1) is 14.4. The Bertz CT molecular complexity index is 540. The van der Waals surface area contributed by atoms with Crippen molar-refractivity contribution in [1.82, 2.24) is 10.2 Å². The molecule has 20 heavy (non-hydrogen) atoms. The first-order valence-corrected chi connectivity index (χ1v) is 6.76. The molecule has 5 nitrogen and oxygen atoms in total. The Morgan fingerprint density at radius 3 is 2.65 bits per heavy atom. The van der Waals surface area contributed by atoms with Gasteiger partial charge in [-0.1, -0.05) is 19.1 Å². The number of hydrogen-bond donors (Lipinski definition) is 2. The van der Waals surface area contributed by atoms with Crippen molar-refractivity contribution in [3.63, 3.8) is 0 Å². The zero-order valence-electron chi connectivity index (χ0n) is 12.0. The third kappa shape index (κ3) is 2.61. The second-order valence-corrected chi connectivity index (χ2v) is 5.64. The summed E-state index contributed by atoms with van der Waals surface area (Å²) in [5.41, 5.74) is -0.0816. The van der Waals surface area contributed by atoms with Crippen LogP contribution < -0.4 is 5.32 Å². The van der Waals surface area contributed by atoms with Crippen LogP contribution in [0.15, 0.2) is 24.3 Å². The van der Waals surface area contributed by atoms with E-state index < -0.39 is 11.6 Å². The van der Waals surface area contributed by atoms with Crippen molar-refractivity contribution in [3.05, 3.63) is 29.8 Å². The monoisotopic (exact) mass is 276 g/mol. The Kier molecular flexibility index (Phi) is 3.70. The zero-order chi connectivity index (χ0) is 14.9. The summed E-state index contributed by atoms with van der Waals surface area (Å²) in [6.45, 7) is 5.61. The summed E-state index contributed by atoms with van der Waals surface area (Å²) in [5, 5.41) is 12.3. The van der Waals surface area contributed by atoms with Crippen LogP contribution in [0.5, 0.6) is 5.75 Å². The third-order valence-electron chi connectivity index (χ3n) is 3.56. The molecule has 2 N–H and O–H groups in total. The smallest absolute Gasteiger partial charge is 0.248 e. The molecule has 1 aromatic carbocycles. The molecule has 0 saturated carbocycles. The van der Waals surface area contributed by atoms with E-state index in [1.165, 1.54) is 0 Å². The summed E-state index contributed by atoms with van der Waals surface area (Å²) < 4.78 is 0. The second kappa shape index (κ2) is 5.15. The maximum Gasteiger partial charge on any atom is 0.248 e. The molecule has 1 aromatic rings. The summed E-state index contributed by atoms with van der Waals surface area (Å²) in [6.07, 6.45) is 0.562. The normalized spacial score (nSPS) is 21.8. The number of hydrogen-bond acceptors (Lipinski definition) is 3. The molecule has 5 heteroatoms. The summed E-state index contributed by atoms with van der Waals surface area (Å²) in [6, 6.07) is 6.29. The Balaban J connectivity index is 2.30. The summed E-state index contributed by atoms with van der Waals surface area (Å²) in [7, 11) is 0. The molecule has 1 fully saturated rings. The number of phenolic OH excluding ortho intramolecular Hbond substituents is 1. The minimum absolute atomic E-state index is 0.104. The molecule has 1 saturated heterocycles. The number of rotatable bonds is 3. The molecule has 2 rings (SSSR count).